The van der Waals surface area contributed by atoms with E-state index in [0.29, 0.717) is 24.2 Å². The molecule has 0 aliphatic heterocycles. The molecule has 0 heterocycles. The first-order valence-corrected chi connectivity index (χ1v) is 4.22. The lowest BCUT2D eigenvalue weighted by atomic mass is 10.1. The molecule has 0 unspecified atom stereocenters. The van der Waals surface area contributed by atoms with Gasteiger partial charge in [-0.25, -0.2) is 4.39 Å². The van der Waals surface area contributed by atoms with E-state index in [1.165, 1.54) is 19.2 Å². The Labute approximate surface area is 76.0 Å². The molecule has 0 amide bonds. The first-order valence-electron chi connectivity index (χ1n) is 4.22. The minimum Gasteiger partial charge on any atom is -0.496 e. The standard InChI is InChI=1S/C10H11FO2/c1-13-9-3-2-7(11)6-8(9)10(12)4-5-10/h2-3,6,12H,4-5H2,1H3. The predicted octanol–water partition coefficient (Wildman–Crippen LogP) is 1.82. The fourth-order valence-corrected chi connectivity index (χ4v) is 1.43. The van der Waals surface area contributed by atoms with Crippen molar-refractivity contribution in [3.8, 4) is 5.75 Å². The van der Waals surface area contributed by atoms with Gasteiger partial charge in [0.25, 0.3) is 0 Å². The lowest BCUT2D eigenvalue weighted by molar-refractivity contribution is 0.147. The van der Waals surface area contributed by atoms with Crippen molar-refractivity contribution in [2.45, 2.75) is 18.4 Å². The number of aliphatic hydroxyl groups is 1. The van der Waals surface area contributed by atoms with Gasteiger partial charge < -0.3 is 9.84 Å². The van der Waals surface area contributed by atoms with Crippen LogP contribution in [0.4, 0.5) is 4.39 Å². The average molecular weight is 182 g/mol. The average Bonchev–Trinajstić information content (AvgIpc) is 2.85. The van der Waals surface area contributed by atoms with E-state index in [1.807, 2.05) is 0 Å². The van der Waals surface area contributed by atoms with Crippen LogP contribution in [0.3, 0.4) is 0 Å². The zero-order valence-electron chi connectivity index (χ0n) is 7.38. The van der Waals surface area contributed by atoms with Crippen LogP contribution in [-0.4, -0.2) is 12.2 Å². The molecule has 0 atom stereocenters. The molecule has 2 nitrogen and oxygen atoms in total. The van der Waals surface area contributed by atoms with Crippen LogP contribution in [0.15, 0.2) is 18.2 Å². The summed E-state index contributed by atoms with van der Waals surface area (Å²) in [5.41, 5.74) is -0.275. The summed E-state index contributed by atoms with van der Waals surface area (Å²) in [5.74, 6) is 0.220. The van der Waals surface area contributed by atoms with Crippen LogP contribution in [0.5, 0.6) is 5.75 Å². The predicted molar refractivity (Wildman–Crippen MR) is 46.1 cm³/mol. The third-order valence-electron chi connectivity index (χ3n) is 2.39. The molecule has 70 valence electrons. The van der Waals surface area contributed by atoms with Crippen LogP contribution in [-0.2, 0) is 5.60 Å². The van der Waals surface area contributed by atoms with Crippen molar-refractivity contribution >= 4 is 0 Å². The summed E-state index contributed by atoms with van der Waals surface area (Å²) in [6.45, 7) is 0. The highest BCUT2D eigenvalue weighted by Crippen LogP contribution is 2.48. The van der Waals surface area contributed by atoms with E-state index < -0.39 is 5.60 Å². The molecule has 1 aliphatic carbocycles. The smallest absolute Gasteiger partial charge is 0.125 e. The van der Waals surface area contributed by atoms with Gasteiger partial charge in [-0.2, -0.15) is 0 Å². The summed E-state index contributed by atoms with van der Waals surface area (Å²) < 4.78 is 17.9. The molecule has 1 aromatic carbocycles. The summed E-state index contributed by atoms with van der Waals surface area (Å²) in [7, 11) is 1.52. The lowest BCUT2D eigenvalue weighted by Crippen LogP contribution is -2.07. The molecule has 3 heteroatoms. The molecule has 0 spiro atoms. The third kappa shape index (κ3) is 1.40. The molecular weight excluding hydrogens is 171 g/mol. The van der Waals surface area contributed by atoms with Crippen molar-refractivity contribution in [2.75, 3.05) is 7.11 Å². The molecule has 1 fully saturated rings. The summed E-state index contributed by atoms with van der Waals surface area (Å²) in [4.78, 5) is 0. The zero-order valence-corrected chi connectivity index (χ0v) is 7.38. The molecule has 0 bridgehead atoms. The maximum absolute atomic E-state index is 12.9. The summed E-state index contributed by atoms with van der Waals surface area (Å²) in [5, 5.41) is 9.79. The summed E-state index contributed by atoms with van der Waals surface area (Å²) >= 11 is 0. The fraction of sp³-hybridized carbons (Fsp3) is 0.400. The van der Waals surface area contributed by atoms with Crippen LogP contribution in [0, 0.1) is 5.82 Å². The highest BCUT2D eigenvalue weighted by Gasteiger charge is 2.44. The van der Waals surface area contributed by atoms with Gasteiger partial charge >= 0.3 is 0 Å². The van der Waals surface area contributed by atoms with Gasteiger partial charge in [0.05, 0.1) is 12.7 Å². The first kappa shape index (κ1) is 8.51. The Morgan fingerprint density at radius 2 is 2.15 bits per heavy atom. The van der Waals surface area contributed by atoms with Crippen molar-refractivity contribution in [2.24, 2.45) is 0 Å². The van der Waals surface area contributed by atoms with Crippen molar-refractivity contribution in [1.29, 1.82) is 0 Å². The van der Waals surface area contributed by atoms with Gasteiger partial charge in [0.15, 0.2) is 0 Å². The van der Waals surface area contributed by atoms with Gasteiger partial charge in [-0.3, -0.25) is 0 Å². The van der Waals surface area contributed by atoms with Gasteiger partial charge in [-0.1, -0.05) is 0 Å². The zero-order chi connectivity index (χ0) is 9.47. The Morgan fingerprint density at radius 1 is 1.46 bits per heavy atom. The molecule has 1 saturated carbocycles. The monoisotopic (exact) mass is 182 g/mol. The minimum atomic E-state index is -0.840. The molecule has 1 N–H and O–H groups in total. The Kier molecular flexibility index (Phi) is 1.77. The minimum absolute atomic E-state index is 0.337. The summed E-state index contributed by atoms with van der Waals surface area (Å²) in [6.07, 6.45) is 1.37. The van der Waals surface area contributed by atoms with E-state index in [1.54, 1.807) is 6.07 Å². The molecule has 0 aromatic heterocycles. The second kappa shape index (κ2) is 2.70. The molecule has 0 saturated heterocycles. The van der Waals surface area contributed by atoms with Gasteiger partial charge in [0, 0.05) is 5.56 Å². The number of ether oxygens (including phenoxy) is 1. The van der Waals surface area contributed by atoms with E-state index in [2.05, 4.69) is 0 Å². The highest BCUT2D eigenvalue weighted by molar-refractivity contribution is 5.41. The van der Waals surface area contributed by atoms with E-state index in [4.69, 9.17) is 4.74 Å². The maximum atomic E-state index is 12.9. The maximum Gasteiger partial charge on any atom is 0.125 e. The van der Waals surface area contributed by atoms with E-state index >= 15 is 0 Å². The molecule has 1 aromatic rings. The topological polar surface area (TPSA) is 29.5 Å². The van der Waals surface area contributed by atoms with Crippen LogP contribution in [0.25, 0.3) is 0 Å². The van der Waals surface area contributed by atoms with Gasteiger partial charge in [0.2, 0.25) is 0 Å². The molecular formula is C10H11FO2. The number of benzene rings is 1. The van der Waals surface area contributed by atoms with Crippen LogP contribution < -0.4 is 4.74 Å². The van der Waals surface area contributed by atoms with Crippen molar-refractivity contribution in [3.05, 3.63) is 29.6 Å². The number of halogens is 1. The van der Waals surface area contributed by atoms with Gasteiger partial charge in [0.1, 0.15) is 11.6 Å². The van der Waals surface area contributed by atoms with E-state index in [9.17, 15) is 9.50 Å². The number of rotatable bonds is 2. The first-order chi connectivity index (χ1) is 6.15. The molecule has 13 heavy (non-hydrogen) atoms. The third-order valence-corrected chi connectivity index (χ3v) is 2.39. The largest absolute Gasteiger partial charge is 0.496 e. The van der Waals surface area contributed by atoms with Gasteiger partial charge in [-0.15, -0.1) is 0 Å². The fourth-order valence-electron chi connectivity index (χ4n) is 1.43. The van der Waals surface area contributed by atoms with E-state index in [0.717, 1.165) is 0 Å². The van der Waals surface area contributed by atoms with Crippen LogP contribution in [0.2, 0.25) is 0 Å². The molecule has 2 rings (SSSR count). The second-order valence-electron chi connectivity index (χ2n) is 3.38. The van der Waals surface area contributed by atoms with Crippen LogP contribution >= 0.6 is 0 Å². The summed E-state index contributed by atoms with van der Waals surface area (Å²) in [6, 6.07) is 4.21. The Balaban J connectivity index is 2.47. The SMILES string of the molecule is COc1ccc(F)cc1C1(O)CC1. The number of hydrogen-bond donors (Lipinski definition) is 1. The van der Waals surface area contributed by atoms with Crippen molar-refractivity contribution in [1.82, 2.24) is 0 Å². The quantitative estimate of drug-likeness (QED) is 0.755. The normalized spacial score (nSPS) is 18.4. The highest BCUT2D eigenvalue weighted by atomic mass is 19.1. The van der Waals surface area contributed by atoms with Gasteiger partial charge in [-0.05, 0) is 31.0 Å². The number of methoxy groups -OCH3 is 1. The molecule has 1 aliphatic rings. The lowest BCUT2D eigenvalue weighted by Gasteiger charge is -2.12. The van der Waals surface area contributed by atoms with Crippen molar-refractivity contribution in [3.63, 3.8) is 0 Å². The molecule has 0 radical (unpaired) electrons. The van der Waals surface area contributed by atoms with E-state index in [-0.39, 0.29) is 5.82 Å². The number of hydrogen-bond acceptors (Lipinski definition) is 2. The Hall–Kier alpha value is -1.09. The Morgan fingerprint density at radius 3 is 2.69 bits per heavy atom. The second-order valence-corrected chi connectivity index (χ2v) is 3.38. The van der Waals surface area contributed by atoms with Crippen molar-refractivity contribution < 1.29 is 14.2 Å². The Bertz CT molecular complexity index is 332. The van der Waals surface area contributed by atoms with Crippen LogP contribution in [0.1, 0.15) is 18.4 Å².